The van der Waals surface area contributed by atoms with Crippen molar-refractivity contribution < 1.29 is 18.9 Å². The van der Waals surface area contributed by atoms with Crippen molar-refractivity contribution in [2.75, 3.05) is 18.1 Å². The van der Waals surface area contributed by atoms with Gasteiger partial charge in [0.15, 0.2) is 0 Å². The number of carboxylic acid groups (broad SMARTS) is 1. The van der Waals surface area contributed by atoms with Gasteiger partial charge in [0.1, 0.15) is 0 Å². The second-order valence-corrected chi connectivity index (χ2v) is 6.15. The molecule has 0 saturated carbocycles. The standard InChI is InChI=1S/C11H22N2O4S/c1-4-18(17)6-5-12-11(16)13-9(8(2)3)7-10(14)15/h8-9H,4-7H2,1-3H3,(H,14,15)(H2,12,13,16). The van der Waals surface area contributed by atoms with Gasteiger partial charge >= 0.3 is 12.0 Å². The van der Waals surface area contributed by atoms with Gasteiger partial charge in [0.25, 0.3) is 0 Å². The SMILES string of the molecule is CCS(=O)CCNC(=O)NC(CC(=O)O)C(C)C. The van der Waals surface area contributed by atoms with Crippen molar-refractivity contribution in [1.82, 2.24) is 10.6 Å². The van der Waals surface area contributed by atoms with Crippen molar-refractivity contribution in [2.24, 2.45) is 5.92 Å². The topological polar surface area (TPSA) is 95.5 Å². The third-order valence-corrected chi connectivity index (χ3v) is 3.76. The van der Waals surface area contributed by atoms with Crippen LogP contribution in [0.3, 0.4) is 0 Å². The average molecular weight is 278 g/mol. The minimum Gasteiger partial charge on any atom is -0.481 e. The Kier molecular flexibility index (Phi) is 8.36. The minimum atomic E-state index is -0.943. The van der Waals surface area contributed by atoms with E-state index in [1.54, 1.807) is 0 Å². The molecule has 0 radical (unpaired) electrons. The smallest absolute Gasteiger partial charge is 0.315 e. The highest BCUT2D eigenvalue weighted by molar-refractivity contribution is 7.84. The van der Waals surface area contributed by atoms with Crippen molar-refractivity contribution >= 4 is 22.8 Å². The average Bonchev–Trinajstić information content (AvgIpc) is 2.27. The van der Waals surface area contributed by atoms with E-state index in [1.165, 1.54) is 0 Å². The molecule has 3 N–H and O–H groups in total. The second kappa shape index (κ2) is 8.91. The Morgan fingerprint density at radius 3 is 2.39 bits per heavy atom. The van der Waals surface area contributed by atoms with Gasteiger partial charge in [0, 0.05) is 34.9 Å². The molecule has 0 aliphatic rings. The van der Waals surface area contributed by atoms with Crippen LogP contribution in [0, 0.1) is 5.92 Å². The van der Waals surface area contributed by atoms with Crippen LogP contribution in [-0.2, 0) is 15.6 Å². The molecule has 0 heterocycles. The van der Waals surface area contributed by atoms with Crippen LogP contribution >= 0.6 is 0 Å². The van der Waals surface area contributed by atoms with Crippen LogP contribution in [0.4, 0.5) is 4.79 Å². The Hall–Kier alpha value is -1.11. The van der Waals surface area contributed by atoms with Crippen molar-refractivity contribution in [3.05, 3.63) is 0 Å². The zero-order chi connectivity index (χ0) is 14.1. The Balaban J connectivity index is 4.02. The Morgan fingerprint density at radius 1 is 1.33 bits per heavy atom. The maximum atomic E-state index is 11.5. The van der Waals surface area contributed by atoms with E-state index in [0.29, 0.717) is 18.1 Å². The number of carbonyl (C=O) groups is 2. The van der Waals surface area contributed by atoms with E-state index in [4.69, 9.17) is 5.11 Å². The van der Waals surface area contributed by atoms with Crippen molar-refractivity contribution in [3.8, 4) is 0 Å². The Morgan fingerprint density at radius 2 is 1.94 bits per heavy atom. The molecule has 0 bridgehead atoms. The highest BCUT2D eigenvalue weighted by Crippen LogP contribution is 2.05. The number of nitrogens with one attached hydrogen (secondary N) is 2. The van der Waals surface area contributed by atoms with E-state index in [9.17, 15) is 13.8 Å². The summed E-state index contributed by atoms with van der Waals surface area (Å²) in [6.45, 7) is 5.84. The molecule has 0 saturated heterocycles. The molecule has 0 rings (SSSR count). The summed E-state index contributed by atoms with van der Waals surface area (Å²) in [6, 6.07) is -0.817. The van der Waals surface area contributed by atoms with Gasteiger partial charge in [-0.05, 0) is 5.92 Å². The Bertz CT molecular complexity index is 307. The van der Waals surface area contributed by atoms with Crippen LogP contribution in [0.1, 0.15) is 27.2 Å². The summed E-state index contributed by atoms with van der Waals surface area (Å²) in [6.07, 6.45) is -0.105. The van der Waals surface area contributed by atoms with Crippen LogP contribution in [-0.4, -0.2) is 45.4 Å². The first-order valence-electron chi connectivity index (χ1n) is 5.98. The van der Waals surface area contributed by atoms with Gasteiger partial charge in [-0.1, -0.05) is 20.8 Å². The summed E-state index contributed by atoms with van der Waals surface area (Å²) in [5, 5.41) is 13.9. The largest absolute Gasteiger partial charge is 0.481 e. The molecule has 0 aliphatic carbocycles. The lowest BCUT2D eigenvalue weighted by molar-refractivity contribution is -0.137. The molecule has 0 spiro atoms. The molecular weight excluding hydrogens is 256 g/mol. The third kappa shape index (κ3) is 8.05. The predicted octanol–water partition coefficient (Wildman–Crippen LogP) is 0.554. The number of carboxylic acids is 1. The molecule has 2 amide bonds. The first-order chi connectivity index (χ1) is 8.36. The van der Waals surface area contributed by atoms with E-state index >= 15 is 0 Å². The molecule has 0 aromatic heterocycles. The molecule has 18 heavy (non-hydrogen) atoms. The molecule has 106 valence electrons. The normalized spacial score (nSPS) is 14.0. The van der Waals surface area contributed by atoms with Crippen LogP contribution in [0.5, 0.6) is 0 Å². The predicted molar refractivity (Wildman–Crippen MR) is 71.0 cm³/mol. The number of carbonyl (C=O) groups excluding carboxylic acids is 1. The Labute approximate surface area is 110 Å². The van der Waals surface area contributed by atoms with E-state index < -0.39 is 28.8 Å². The van der Waals surface area contributed by atoms with Gasteiger partial charge in [-0.15, -0.1) is 0 Å². The van der Waals surface area contributed by atoms with Gasteiger partial charge in [-0.25, -0.2) is 4.79 Å². The summed E-state index contributed by atoms with van der Waals surface area (Å²) >= 11 is 0. The lowest BCUT2D eigenvalue weighted by Gasteiger charge is -2.20. The number of urea groups is 1. The summed E-state index contributed by atoms with van der Waals surface area (Å²) in [5.74, 6) is 0.0734. The molecule has 0 aliphatic heterocycles. The van der Waals surface area contributed by atoms with Crippen LogP contribution in [0.25, 0.3) is 0 Å². The van der Waals surface area contributed by atoms with E-state index in [2.05, 4.69) is 10.6 Å². The number of amides is 2. The zero-order valence-corrected chi connectivity index (χ0v) is 11.9. The second-order valence-electron chi connectivity index (χ2n) is 4.28. The summed E-state index contributed by atoms with van der Waals surface area (Å²) in [5.41, 5.74) is 0. The van der Waals surface area contributed by atoms with Crippen LogP contribution in [0.2, 0.25) is 0 Å². The van der Waals surface area contributed by atoms with Crippen molar-refractivity contribution in [1.29, 1.82) is 0 Å². The van der Waals surface area contributed by atoms with Gasteiger partial charge in [0.2, 0.25) is 0 Å². The lowest BCUT2D eigenvalue weighted by Crippen LogP contribution is -2.46. The lowest BCUT2D eigenvalue weighted by atomic mass is 10.0. The molecule has 2 atom stereocenters. The fourth-order valence-electron chi connectivity index (χ4n) is 1.28. The highest BCUT2D eigenvalue weighted by Gasteiger charge is 2.19. The molecule has 7 heteroatoms. The highest BCUT2D eigenvalue weighted by atomic mass is 32.2. The summed E-state index contributed by atoms with van der Waals surface area (Å²) < 4.78 is 11.1. The van der Waals surface area contributed by atoms with Crippen molar-refractivity contribution in [2.45, 2.75) is 33.2 Å². The number of hydrogen-bond acceptors (Lipinski definition) is 3. The van der Waals surface area contributed by atoms with Gasteiger partial charge in [-0.2, -0.15) is 0 Å². The van der Waals surface area contributed by atoms with Crippen molar-refractivity contribution in [3.63, 3.8) is 0 Å². The number of aliphatic carboxylic acids is 1. The quantitative estimate of drug-likeness (QED) is 0.604. The zero-order valence-electron chi connectivity index (χ0n) is 11.1. The molecule has 0 fully saturated rings. The molecule has 6 nitrogen and oxygen atoms in total. The summed E-state index contributed by atoms with van der Waals surface area (Å²) in [4.78, 5) is 22.1. The molecular formula is C11H22N2O4S. The van der Waals surface area contributed by atoms with Crippen LogP contribution < -0.4 is 10.6 Å². The molecule has 0 aromatic rings. The van der Waals surface area contributed by atoms with E-state index in [-0.39, 0.29) is 12.3 Å². The number of hydrogen-bond donors (Lipinski definition) is 3. The number of rotatable bonds is 8. The fourth-order valence-corrected chi connectivity index (χ4v) is 1.90. The van der Waals surface area contributed by atoms with Crippen LogP contribution in [0.15, 0.2) is 0 Å². The van der Waals surface area contributed by atoms with Gasteiger partial charge in [-0.3, -0.25) is 9.00 Å². The first-order valence-corrected chi connectivity index (χ1v) is 7.46. The molecule has 2 unspecified atom stereocenters. The van der Waals surface area contributed by atoms with Gasteiger partial charge < -0.3 is 15.7 Å². The summed E-state index contributed by atoms with van der Waals surface area (Å²) in [7, 11) is -0.911. The minimum absolute atomic E-state index is 0.0385. The molecule has 0 aromatic carbocycles. The maximum Gasteiger partial charge on any atom is 0.315 e. The third-order valence-electron chi connectivity index (χ3n) is 2.45. The first kappa shape index (κ1) is 16.9. The van der Waals surface area contributed by atoms with E-state index in [0.717, 1.165) is 0 Å². The monoisotopic (exact) mass is 278 g/mol. The van der Waals surface area contributed by atoms with E-state index in [1.807, 2.05) is 20.8 Å². The maximum absolute atomic E-state index is 11.5. The fraction of sp³-hybridized carbons (Fsp3) is 0.818. The van der Waals surface area contributed by atoms with Gasteiger partial charge in [0.05, 0.1) is 6.42 Å².